The molecule has 6 nitrogen and oxygen atoms in total. The number of hydrogen-bond donors (Lipinski definition) is 0. The van der Waals surface area contributed by atoms with Crippen LogP contribution in [0.2, 0.25) is 5.02 Å². The van der Waals surface area contributed by atoms with Crippen LogP contribution in [0, 0.1) is 5.95 Å². The average Bonchev–Trinajstić information content (AvgIpc) is 2.73. The first-order valence-corrected chi connectivity index (χ1v) is 11.2. The largest absolute Gasteiger partial charge is 0.497 e. The third kappa shape index (κ3) is 4.69. The predicted molar refractivity (Wildman–Crippen MR) is 116 cm³/mol. The molecule has 0 radical (unpaired) electrons. The second-order valence-electron chi connectivity index (χ2n) is 6.08. The van der Waals surface area contributed by atoms with Crippen molar-refractivity contribution < 1.29 is 22.3 Å². The first-order valence-electron chi connectivity index (χ1n) is 8.57. The van der Waals surface area contributed by atoms with Crippen molar-refractivity contribution in [3.8, 4) is 11.5 Å². The normalized spacial score (nSPS) is 11.2. The Bertz CT molecular complexity index is 1180. The number of pyridine rings is 1. The van der Waals surface area contributed by atoms with Gasteiger partial charge in [0, 0.05) is 16.1 Å². The zero-order valence-electron chi connectivity index (χ0n) is 16.0. The van der Waals surface area contributed by atoms with Gasteiger partial charge in [-0.3, -0.25) is 0 Å². The minimum atomic E-state index is -4.14. The van der Waals surface area contributed by atoms with Gasteiger partial charge in [0.05, 0.1) is 30.7 Å². The molecule has 10 heteroatoms. The monoisotopic (exact) mass is 514 g/mol. The summed E-state index contributed by atoms with van der Waals surface area (Å²) < 4.78 is 52.8. The van der Waals surface area contributed by atoms with Gasteiger partial charge in [-0.1, -0.05) is 17.7 Å². The molecule has 1 aromatic heterocycles. The SMILES string of the molecule is COc1ccc(CN(c2cccc(F)n2)S(=O)(=O)c2ccc(Br)c(Cl)c2)c(OC)c1. The third-order valence-electron chi connectivity index (χ3n) is 4.24. The topological polar surface area (TPSA) is 68.7 Å². The molecule has 0 aliphatic rings. The highest BCUT2D eigenvalue weighted by Gasteiger charge is 2.28. The molecule has 30 heavy (non-hydrogen) atoms. The highest BCUT2D eigenvalue weighted by Crippen LogP contribution is 2.32. The van der Waals surface area contributed by atoms with E-state index in [2.05, 4.69) is 20.9 Å². The van der Waals surface area contributed by atoms with Gasteiger partial charge in [0.1, 0.15) is 17.3 Å². The number of halogens is 3. The van der Waals surface area contributed by atoms with Gasteiger partial charge in [0.2, 0.25) is 5.95 Å². The van der Waals surface area contributed by atoms with Crippen molar-refractivity contribution in [3.63, 3.8) is 0 Å². The van der Waals surface area contributed by atoms with Crippen LogP contribution in [-0.2, 0) is 16.6 Å². The van der Waals surface area contributed by atoms with E-state index in [9.17, 15) is 12.8 Å². The lowest BCUT2D eigenvalue weighted by Gasteiger charge is -2.24. The van der Waals surface area contributed by atoms with Crippen molar-refractivity contribution in [2.75, 3.05) is 18.5 Å². The van der Waals surface area contributed by atoms with E-state index in [0.717, 1.165) is 10.4 Å². The second-order valence-corrected chi connectivity index (χ2v) is 9.21. The third-order valence-corrected chi connectivity index (χ3v) is 7.22. The van der Waals surface area contributed by atoms with Gasteiger partial charge in [-0.05, 0) is 58.4 Å². The van der Waals surface area contributed by atoms with Crippen molar-refractivity contribution >= 4 is 43.4 Å². The number of aromatic nitrogens is 1. The highest BCUT2D eigenvalue weighted by atomic mass is 79.9. The second kappa shape index (κ2) is 9.20. The zero-order chi connectivity index (χ0) is 21.9. The molecule has 0 atom stereocenters. The van der Waals surface area contributed by atoms with E-state index in [1.54, 1.807) is 18.2 Å². The fourth-order valence-corrected chi connectivity index (χ4v) is 4.64. The molecular weight excluding hydrogens is 499 g/mol. The van der Waals surface area contributed by atoms with Crippen molar-refractivity contribution in [1.29, 1.82) is 0 Å². The molecule has 0 bridgehead atoms. The molecule has 0 unspecified atom stereocenters. The number of hydrogen-bond acceptors (Lipinski definition) is 5. The molecular formula is C20H17BrClFN2O4S. The minimum absolute atomic E-state index is 0.0609. The van der Waals surface area contributed by atoms with Gasteiger partial charge in [-0.15, -0.1) is 0 Å². The van der Waals surface area contributed by atoms with Crippen molar-refractivity contribution in [3.05, 3.63) is 75.6 Å². The number of benzene rings is 2. The number of sulfonamides is 1. The fourth-order valence-electron chi connectivity index (χ4n) is 2.73. The Morgan fingerprint density at radius 1 is 1.10 bits per heavy atom. The maximum absolute atomic E-state index is 13.8. The minimum Gasteiger partial charge on any atom is -0.497 e. The smallest absolute Gasteiger partial charge is 0.265 e. The Morgan fingerprint density at radius 3 is 2.50 bits per heavy atom. The van der Waals surface area contributed by atoms with Gasteiger partial charge >= 0.3 is 0 Å². The molecule has 2 aromatic carbocycles. The molecule has 0 amide bonds. The molecule has 0 N–H and O–H groups in total. The van der Waals surface area contributed by atoms with E-state index >= 15 is 0 Å². The quantitative estimate of drug-likeness (QED) is 0.412. The van der Waals surface area contributed by atoms with E-state index in [0.29, 0.717) is 21.5 Å². The van der Waals surface area contributed by atoms with Crippen molar-refractivity contribution in [2.24, 2.45) is 0 Å². The molecule has 3 aromatic rings. The lowest BCUT2D eigenvalue weighted by Crippen LogP contribution is -2.31. The van der Waals surface area contributed by atoms with E-state index in [-0.39, 0.29) is 22.3 Å². The summed E-state index contributed by atoms with van der Waals surface area (Å²) in [6, 6.07) is 13.2. The average molecular weight is 516 g/mol. The maximum Gasteiger partial charge on any atom is 0.265 e. The Kier molecular flexibility index (Phi) is 6.84. The van der Waals surface area contributed by atoms with E-state index < -0.39 is 16.0 Å². The van der Waals surface area contributed by atoms with Gasteiger partial charge in [-0.2, -0.15) is 4.39 Å². The lowest BCUT2D eigenvalue weighted by atomic mass is 10.2. The summed E-state index contributed by atoms with van der Waals surface area (Å²) in [4.78, 5) is 3.70. The summed E-state index contributed by atoms with van der Waals surface area (Å²) in [6.45, 7) is -0.153. The predicted octanol–water partition coefficient (Wildman–Crippen LogP) is 5.05. The molecule has 158 valence electrons. The molecule has 0 aliphatic carbocycles. The van der Waals surface area contributed by atoms with Crippen LogP contribution in [0.3, 0.4) is 0 Å². The van der Waals surface area contributed by atoms with Gasteiger partial charge in [0.15, 0.2) is 0 Å². The van der Waals surface area contributed by atoms with E-state index in [1.807, 2.05) is 0 Å². The van der Waals surface area contributed by atoms with Crippen molar-refractivity contribution in [1.82, 2.24) is 4.98 Å². The number of methoxy groups -OCH3 is 2. The van der Waals surface area contributed by atoms with Crippen LogP contribution in [0.15, 0.2) is 64.0 Å². The van der Waals surface area contributed by atoms with Gasteiger partial charge < -0.3 is 9.47 Å². The Morgan fingerprint density at radius 2 is 1.87 bits per heavy atom. The summed E-state index contributed by atoms with van der Waals surface area (Å²) in [5.74, 6) is 0.0866. The standard InChI is InChI=1S/C20H17BrClFN2O4S/c1-28-14-7-6-13(18(10-14)29-2)12-25(20-5-3-4-19(23)24-20)30(26,27)15-8-9-16(21)17(22)11-15/h3-11H,12H2,1-2H3. The first-order chi connectivity index (χ1) is 14.3. The summed E-state index contributed by atoms with van der Waals surface area (Å²) in [5, 5.41) is 0.227. The highest BCUT2D eigenvalue weighted by molar-refractivity contribution is 9.10. The van der Waals surface area contributed by atoms with Crippen LogP contribution >= 0.6 is 27.5 Å². The number of anilines is 1. The maximum atomic E-state index is 13.8. The van der Waals surface area contributed by atoms with Crippen LogP contribution in [-0.4, -0.2) is 27.6 Å². The number of nitrogens with zero attached hydrogens (tertiary/aromatic N) is 2. The van der Waals surface area contributed by atoms with E-state index in [4.69, 9.17) is 21.1 Å². The van der Waals surface area contributed by atoms with Crippen LogP contribution in [0.5, 0.6) is 11.5 Å². The fraction of sp³-hybridized carbons (Fsp3) is 0.150. The lowest BCUT2D eigenvalue weighted by molar-refractivity contribution is 0.391. The molecule has 0 saturated carbocycles. The summed E-state index contributed by atoms with van der Waals surface area (Å²) in [7, 11) is -1.16. The van der Waals surface area contributed by atoms with Crippen LogP contribution in [0.4, 0.5) is 10.2 Å². The van der Waals surface area contributed by atoms with Crippen LogP contribution in [0.25, 0.3) is 0 Å². The van der Waals surface area contributed by atoms with Crippen molar-refractivity contribution in [2.45, 2.75) is 11.4 Å². The number of rotatable bonds is 7. The van der Waals surface area contributed by atoms with E-state index in [1.165, 1.54) is 44.6 Å². The van der Waals surface area contributed by atoms with Crippen LogP contribution in [0.1, 0.15) is 5.56 Å². The van der Waals surface area contributed by atoms with Crippen LogP contribution < -0.4 is 13.8 Å². The zero-order valence-corrected chi connectivity index (χ0v) is 19.1. The molecule has 1 heterocycles. The number of ether oxygens (including phenoxy) is 2. The Balaban J connectivity index is 2.13. The van der Waals surface area contributed by atoms with Gasteiger partial charge in [0.25, 0.3) is 10.0 Å². The summed E-state index contributed by atoms with van der Waals surface area (Å²) in [5.41, 5.74) is 0.538. The molecule has 0 saturated heterocycles. The molecule has 0 spiro atoms. The molecule has 0 aliphatic heterocycles. The summed E-state index contributed by atoms with van der Waals surface area (Å²) in [6.07, 6.45) is 0. The Labute approximate surface area is 187 Å². The van der Waals surface area contributed by atoms with Gasteiger partial charge in [-0.25, -0.2) is 17.7 Å². The first kappa shape index (κ1) is 22.3. The Hall–Kier alpha value is -2.36. The molecule has 0 fully saturated rings. The molecule has 3 rings (SSSR count). The summed E-state index contributed by atoms with van der Waals surface area (Å²) >= 11 is 9.34.